The Labute approximate surface area is 230 Å². The summed E-state index contributed by atoms with van der Waals surface area (Å²) in [6.07, 6.45) is 4.23. The van der Waals surface area contributed by atoms with Crippen LogP contribution in [0.4, 0.5) is 4.79 Å². The number of carbonyl (C=O) groups excluding carboxylic acids is 2. The second-order valence-electron chi connectivity index (χ2n) is 10.2. The number of ether oxygens (including phenoxy) is 1. The molecule has 6 nitrogen and oxygen atoms in total. The average Bonchev–Trinajstić information content (AvgIpc) is 2.94. The maximum Gasteiger partial charge on any atom is 0.407 e. The first-order valence-electron chi connectivity index (χ1n) is 13.1. The number of halogens is 1. The van der Waals surface area contributed by atoms with Gasteiger partial charge >= 0.3 is 6.09 Å². The van der Waals surface area contributed by atoms with E-state index in [1.54, 1.807) is 12.1 Å². The van der Waals surface area contributed by atoms with Gasteiger partial charge in [-0.15, -0.1) is 0 Å². The SMILES string of the molecule is CN(C)C1(Cc2ccccc2Cl)CCC(NC(=O)c2ccc(CNC(=O)OCc3ccccc3)cc2)CC1. The van der Waals surface area contributed by atoms with Crippen molar-refractivity contribution in [3.8, 4) is 0 Å². The van der Waals surface area contributed by atoms with Gasteiger partial charge in [0.05, 0.1) is 0 Å². The predicted molar refractivity (Wildman–Crippen MR) is 151 cm³/mol. The summed E-state index contributed by atoms with van der Waals surface area (Å²) in [5.41, 5.74) is 3.64. The molecule has 3 aromatic carbocycles. The van der Waals surface area contributed by atoms with Gasteiger partial charge in [-0.2, -0.15) is 0 Å². The maximum absolute atomic E-state index is 12.9. The van der Waals surface area contributed by atoms with E-state index in [0.29, 0.717) is 12.1 Å². The van der Waals surface area contributed by atoms with Crippen molar-refractivity contribution in [2.45, 2.75) is 56.8 Å². The number of likely N-dealkylation sites (N-methyl/N-ethyl adjacent to an activating group) is 1. The molecule has 0 atom stereocenters. The Kier molecular flexibility index (Phi) is 9.43. The fraction of sp³-hybridized carbons (Fsp3) is 0.355. The molecule has 0 aromatic heterocycles. The summed E-state index contributed by atoms with van der Waals surface area (Å²) in [5.74, 6) is -0.0692. The molecular weight excluding hydrogens is 498 g/mol. The molecule has 4 rings (SSSR count). The molecule has 200 valence electrons. The zero-order valence-corrected chi connectivity index (χ0v) is 22.8. The van der Waals surface area contributed by atoms with Crippen molar-refractivity contribution >= 4 is 23.6 Å². The van der Waals surface area contributed by atoms with Gasteiger partial charge in [-0.1, -0.05) is 72.3 Å². The lowest BCUT2D eigenvalue weighted by Gasteiger charge is -2.45. The first-order chi connectivity index (χ1) is 18.3. The van der Waals surface area contributed by atoms with Crippen LogP contribution in [0.5, 0.6) is 0 Å². The van der Waals surface area contributed by atoms with E-state index in [9.17, 15) is 9.59 Å². The molecule has 1 aliphatic rings. The highest BCUT2D eigenvalue weighted by molar-refractivity contribution is 6.31. The fourth-order valence-corrected chi connectivity index (χ4v) is 5.27. The summed E-state index contributed by atoms with van der Waals surface area (Å²) >= 11 is 6.46. The standard InChI is InChI=1S/C31H36ClN3O3/c1-35(2)31(20-26-10-6-7-11-28(26)32)18-16-27(17-19-31)34-29(36)25-14-12-23(13-15-25)21-33-30(37)38-22-24-8-4-3-5-9-24/h3-15,27H,16-22H2,1-2H3,(H,33,37)(H,34,36). The maximum atomic E-state index is 12.9. The average molecular weight is 534 g/mol. The van der Waals surface area contributed by atoms with E-state index in [1.807, 2.05) is 60.7 Å². The van der Waals surface area contributed by atoms with E-state index in [1.165, 1.54) is 5.56 Å². The van der Waals surface area contributed by atoms with Gasteiger partial charge in [-0.05, 0) is 81.1 Å². The van der Waals surface area contributed by atoms with Crippen LogP contribution >= 0.6 is 11.6 Å². The number of nitrogens with zero attached hydrogens (tertiary/aromatic N) is 1. The van der Waals surface area contributed by atoms with Crippen molar-refractivity contribution in [1.29, 1.82) is 0 Å². The number of amides is 2. The van der Waals surface area contributed by atoms with Gasteiger partial charge in [0.1, 0.15) is 6.61 Å². The van der Waals surface area contributed by atoms with Gasteiger partial charge in [0.2, 0.25) is 0 Å². The van der Waals surface area contributed by atoms with Gasteiger partial charge in [0.15, 0.2) is 0 Å². The van der Waals surface area contributed by atoms with E-state index in [2.05, 4.69) is 35.7 Å². The summed E-state index contributed by atoms with van der Waals surface area (Å²) < 4.78 is 5.24. The van der Waals surface area contributed by atoms with Crippen molar-refractivity contribution in [1.82, 2.24) is 15.5 Å². The van der Waals surface area contributed by atoms with Crippen molar-refractivity contribution in [3.05, 3.63) is 106 Å². The van der Waals surface area contributed by atoms with E-state index >= 15 is 0 Å². The molecule has 1 saturated carbocycles. The Morgan fingerprint density at radius 3 is 2.24 bits per heavy atom. The lowest BCUT2D eigenvalue weighted by atomic mass is 9.74. The van der Waals surface area contributed by atoms with Crippen LogP contribution in [-0.4, -0.2) is 42.6 Å². The van der Waals surface area contributed by atoms with Crippen LogP contribution < -0.4 is 10.6 Å². The third kappa shape index (κ3) is 7.36. The summed E-state index contributed by atoms with van der Waals surface area (Å²) in [7, 11) is 4.27. The largest absolute Gasteiger partial charge is 0.445 e. The van der Waals surface area contributed by atoms with Crippen LogP contribution in [-0.2, 0) is 24.3 Å². The van der Waals surface area contributed by atoms with Crippen molar-refractivity contribution < 1.29 is 14.3 Å². The Bertz CT molecular complexity index is 1210. The zero-order valence-electron chi connectivity index (χ0n) is 22.1. The number of carbonyl (C=O) groups is 2. The van der Waals surface area contributed by atoms with Crippen LogP contribution in [0.2, 0.25) is 5.02 Å². The quantitative estimate of drug-likeness (QED) is 0.355. The summed E-state index contributed by atoms with van der Waals surface area (Å²) in [6.45, 7) is 0.554. The molecule has 1 aliphatic carbocycles. The van der Waals surface area contributed by atoms with E-state index < -0.39 is 6.09 Å². The lowest BCUT2D eigenvalue weighted by Crippen LogP contribution is -2.52. The molecule has 3 aromatic rings. The molecule has 2 N–H and O–H groups in total. The minimum atomic E-state index is -0.476. The molecule has 0 unspecified atom stereocenters. The number of nitrogens with one attached hydrogen (secondary N) is 2. The van der Waals surface area contributed by atoms with Gasteiger partial charge in [0, 0.05) is 28.7 Å². The number of hydrogen-bond acceptors (Lipinski definition) is 4. The van der Waals surface area contributed by atoms with Gasteiger partial charge in [-0.3, -0.25) is 4.79 Å². The Balaban J connectivity index is 1.24. The van der Waals surface area contributed by atoms with E-state index in [-0.39, 0.29) is 24.1 Å². The van der Waals surface area contributed by atoms with Crippen LogP contribution in [0.25, 0.3) is 0 Å². The van der Waals surface area contributed by atoms with E-state index in [0.717, 1.165) is 48.3 Å². The highest BCUT2D eigenvalue weighted by atomic mass is 35.5. The Morgan fingerprint density at radius 2 is 1.58 bits per heavy atom. The Morgan fingerprint density at radius 1 is 0.921 bits per heavy atom. The summed E-state index contributed by atoms with van der Waals surface area (Å²) in [5, 5.41) is 6.77. The summed E-state index contributed by atoms with van der Waals surface area (Å²) in [4.78, 5) is 27.2. The highest BCUT2D eigenvalue weighted by Crippen LogP contribution is 2.37. The third-order valence-electron chi connectivity index (χ3n) is 7.54. The molecule has 0 saturated heterocycles. The zero-order chi connectivity index (χ0) is 27.0. The first kappa shape index (κ1) is 27.7. The molecule has 1 fully saturated rings. The topological polar surface area (TPSA) is 70.7 Å². The molecule has 7 heteroatoms. The molecule has 0 heterocycles. The smallest absolute Gasteiger partial charge is 0.407 e. The Hall–Kier alpha value is -3.35. The second-order valence-corrected chi connectivity index (χ2v) is 10.7. The summed E-state index contributed by atoms with van der Waals surface area (Å²) in [6, 6.07) is 25.0. The normalized spacial score (nSPS) is 19.1. The number of rotatable bonds is 9. The highest BCUT2D eigenvalue weighted by Gasteiger charge is 2.38. The minimum absolute atomic E-state index is 0.0309. The van der Waals surface area contributed by atoms with E-state index in [4.69, 9.17) is 16.3 Å². The van der Waals surface area contributed by atoms with Gasteiger partial charge < -0.3 is 20.3 Å². The number of alkyl carbamates (subject to hydrolysis) is 1. The first-order valence-corrected chi connectivity index (χ1v) is 13.5. The predicted octanol–water partition coefficient (Wildman–Crippen LogP) is 5.98. The molecule has 2 amide bonds. The fourth-order valence-electron chi connectivity index (χ4n) is 5.07. The molecule has 38 heavy (non-hydrogen) atoms. The van der Waals surface area contributed by atoms with Gasteiger partial charge in [-0.25, -0.2) is 4.79 Å². The molecule has 0 spiro atoms. The number of hydrogen-bond donors (Lipinski definition) is 2. The van der Waals surface area contributed by atoms with Crippen LogP contribution in [0, 0.1) is 0 Å². The molecule has 0 radical (unpaired) electrons. The van der Waals surface area contributed by atoms with Crippen LogP contribution in [0.3, 0.4) is 0 Å². The van der Waals surface area contributed by atoms with Crippen molar-refractivity contribution in [2.75, 3.05) is 14.1 Å². The molecule has 0 aliphatic heterocycles. The van der Waals surface area contributed by atoms with Gasteiger partial charge in [0.25, 0.3) is 5.91 Å². The lowest BCUT2D eigenvalue weighted by molar-refractivity contribution is 0.0769. The van der Waals surface area contributed by atoms with Crippen molar-refractivity contribution in [2.24, 2.45) is 0 Å². The number of benzene rings is 3. The minimum Gasteiger partial charge on any atom is -0.445 e. The van der Waals surface area contributed by atoms with Crippen LogP contribution in [0.15, 0.2) is 78.9 Å². The molecule has 0 bridgehead atoms. The van der Waals surface area contributed by atoms with Crippen LogP contribution in [0.1, 0.15) is 52.7 Å². The monoisotopic (exact) mass is 533 g/mol. The second kappa shape index (κ2) is 12.9. The molecular formula is C31H36ClN3O3. The van der Waals surface area contributed by atoms with Crippen molar-refractivity contribution in [3.63, 3.8) is 0 Å². The third-order valence-corrected chi connectivity index (χ3v) is 7.91.